The molecule has 0 radical (unpaired) electrons. The third-order valence-electron chi connectivity index (χ3n) is 2.67. The van der Waals surface area contributed by atoms with Crippen molar-refractivity contribution in [3.8, 4) is 0 Å². The second kappa shape index (κ2) is 3.54. The van der Waals surface area contributed by atoms with Crippen LogP contribution in [0.15, 0.2) is 12.1 Å². The highest BCUT2D eigenvalue weighted by atomic mass is 35.5. The van der Waals surface area contributed by atoms with Gasteiger partial charge in [0.2, 0.25) is 0 Å². The number of hydrogen-bond acceptors (Lipinski definition) is 1. The highest BCUT2D eigenvalue weighted by Gasteiger charge is 2.14. The van der Waals surface area contributed by atoms with Crippen molar-refractivity contribution in [2.24, 2.45) is 7.05 Å². The van der Waals surface area contributed by atoms with Gasteiger partial charge >= 0.3 is 0 Å². The molecule has 0 N–H and O–H groups in total. The first-order valence-corrected chi connectivity index (χ1v) is 5.21. The molecule has 2 rings (SSSR count). The second-order valence-electron chi connectivity index (χ2n) is 3.44. The number of rotatable bonds is 1. The van der Waals surface area contributed by atoms with E-state index in [9.17, 15) is 4.79 Å². The predicted molar refractivity (Wildman–Crippen MR) is 63.1 cm³/mol. The molecule has 0 saturated carbocycles. The largest absolute Gasteiger partial charge is 0.340 e. The number of fused-ring (bicyclic) bond motifs is 1. The van der Waals surface area contributed by atoms with Crippen LogP contribution >= 0.6 is 23.2 Å². The van der Waals surface area contributed by atoms with Crippen molar-refractivity contribution in [3.63, 3.8) is 0 Å². The van der Waals surface area contributed by atoms with E-state index in [1.54, 1.807) is 17.7 Å². The van der Waals surface area contributed by atoms with Crippen LogP contribution in [0, 0.1) is 6.92 Å². The molecule has 0 atom stereocenters. The SMILES string of the molecule is Cc1c(C=O)n(C)c2c(Cl)c(Cl)ccc12. The Morgan fingerprint density at radius 2 is 2.00 bits per heavy atom. The first-order valence-electron chi connectivity index (χ1n) is 4.46. The Morgan fingerprint density at radius 1 is 1.33 bits per heavy atom. The maximum Gasteiger partial charge on any atom is 0.166 e. The molecule has 2 aromatic rings. The summed E-state index contributed by atoms with van der Waals surface area (Å²) in [6, 6.07) is 3.62. The van der Waals surface area contributed by atoms with E-state index in [-0.39, 0.29) is 0 Å². The molecular weight excluding hydrogens is 233 g/mol. The Hall–Kier alpha value is -0.990. The second-order valence-corrected chi connectivity index (χ2v) is 4.23. The zero-order valence-electron chi connectivity index (χ0n) is 8.34. The van der Waals surface area contributed by atoms with Crippen LogP contribution < -0.4 is 0 Å². The van der Waals surface area contributed by atoms with Gasteiger partial charge in [0.1, 0.15) is 0 Å². The summed E-state index contributed by atoms with van der Waals surface area (Å²) in [6.07, 6.45) is 0.833. The van der Waals surface area contributed by atoms with E-state index < -0.39 is 0 Å². The van der Waals surface area contributed by atoms with Gasteiger partial charge in [0, 0.05) is 12.4 Å². The Morgan fingerprint density at radius 3 is 2.60 bits per heavy atom. The molecule has 0 aliphatic carbocycles. The fourth-order valence-corrected chi connectivity index (χ4v) is 2.29. The van der Waals surface area contributed by atoms with Gasteiger partial charge in [-0.2, -0.15) is 0 Å². The summed E-state index contributed by atoms with van der Waals surface area (Å²) in [6.45, 7) is 1.90. The van der Waals surface area contributed by atoms with Gasteiger partial charge in [0.15, 0.2) is 6.29 Å². The van der Waals surface area contributed by atoms with E-state index in [0.29, 0.717) is 15.7 Å². The Labute approximate surface area is 97.4 Å². The van der Waals surface area contributed by atoms with E-state index in [1.807, 2.05) is 13.0 Å². The van der Waals surface area contributed by atoms with E-state index in [1.165, 1.54) is 0 Å². The van der Waals surface area contributed by atoms with Crippen molar-refractivity contribution < 1.29 is 4.79 Å². The molecule has 1 aromatic carbocycles. The summed E-state index contributed by atoms with van der Waals surface area (Å²) < 4.78 is 1.77. The van der Waals surface area contributed by atoms with Crippen LogP contribution in [0.25, 0.3) is 10.9 Å². The van der Waals surface area contributed by atoms with E-state index >= 15 is 0 Å². The monoisotopic (exact) mass is 241 g/mol. The summed E-state index contributed by atoms with van der Waals surface area (Å²) in [5, 5.41) is 1.96. The molecule has 0 unspecified atom stereocenters. The maximum absolute atomic E-state index is 10.9. The van der Waals surface area contributed by atoms with Crippen LogP contribution in [-0.4, -0.2) is 10.9 Å². The van der Waals surface area contributed by atoms with Crippen molar-refractivity contribution >= 4 is 40.4 Å². The molecule has 0 aliphatic rings. The zero-order valence-corrected chi connectivity index (χ0v) is 9.86. The van der Waals surface area contributed by atoms with Gasteiger partial charge < -0.3 is 4.57 Å². The molecule has 4 heteroatoms. The summed E-state index contributed by atoms with van der Waals surface area (Å²) in [4.78, 5) is 10.9. The molecule has 0 bridgehead atoms. The number of benzene rings is 1. The highest BCUT2D eigenvalue weighted by molar-refractivity contribution is 6.45. The van der Waals surface area contributed by atoms with E-state index in [4.69, 9.17) is 23.2 Å². The fraction of sp³-hybridized carbons (Fsp3) is 0.182. The fourth-order valence-electron chi connectivity index (χ4n) is 1.85. The average molecular weight is 242 g/mol. The number of halogens is 2. The number of aldehydes is 1. The first-order chi connectivity index (χ1) is 7.07. The molecule has 0 aliphatic heterocycles. The van der Waals surface area contributed by atoms with E-state index in [0.717, 1.165) is 22.8 Å². The van der Waals surface area contributed by atoms with Crippen molar-refractivity contribution in [1.82, 2.24) is 4.57 Å². The maximum atomic E-state index is 10.9. The molecule has 15 heavy (non-hydrogen) atoms. The number of aryl methyl sites for hydroxylation is 2. The number of hydrogen-bond donors (Lipinski definition) is 0. The number of aromatic nitrogens is 1. The van der Waals surface area contributed by atoms with E-state index in [2.05, 4.69) is 0 Å². The first kappa shape index (κ1) is 10.5. The van der Waals surface area contributed by atoms with Gasteiger partial charge in [0.05, 0.1) is 21.3 Å². The smallest absolute Gasteiger partial charge is 0.166 e. The normalized spacial score (nSPS) is 10.9. The van der Waals surface area contributed by atoms with Crippen LogP contribution in [0.3, 0.4) is 0 Å². The third-order valence-corrected chi connectivity index (χ3v) is 3.46. The van der Waals surface area contributed by atoms with Crippen LogP contribution in [0.1, 0.15) is 16.1 Å². The van der Waals surface area contributed by atoms with Crippen molar-refractivity contribution in [2.75, 3.05) is 0 Å². The molecule has 78 valence electrons. The topological polar surface area (TPSA) is 22.0 Å². The van der Waals surface area contributed by atoms with Gasteiger partial charge in [0.25, 0.3) is 0 Å². The summed E-state index contributed by atoms with van der Waals surface area (Å²) in [5.74, 6) is 0. The lowest BCUT2D eigenvalue weighted by molar-refractivity contribution is 0.111. The minimum Gasteiger partial charge on any atom is -0.340 e. The van der Waals surface area contributed by atoms with Gasteiger partial charge in [-0.15, -0.1) is 0 Å². The quantitative estimate of drug-likeness (QED) is 0.700. The van der Waals surface area contributed by atoms with Crippen molar-refractivity contribution in [2.45, 2.75) is 6.92 Å². The molecular formula is C11H9Cl2NO. The van der Waals surface area contributed by atoms with Gasteiger partial charge in [-0.1, -0.05) is 29.3 Å². The van der Waals surface area contributed by atoms with Crippen molar-refractivity contribution in [1.29, 1.82) is 0 Å². The molecule has 1 aromatic heterocycles. The Kier molecular flexibility index (Phi) is 2.49. The van der Waals surface area contributed by atoms with Gasteiger partial charge in [-0.05, 0) is 18.6 Å². The third kappa shape index (κ3) is 1.36. The average Bonchev–Trinajstić information content (AvgIpc) is 2.45. The zero-order chi connectivity index (χ0) is 11.2. The van der Waals surface area contributed by atoms with Crippen LogP contribution in [0.2, 0.25) is 10.0 Å². The van der Waals surface area contributed by atoms with Crippen molar-refractivity contribution in [3.05, 3.63) is 33.4 Å². The summed E-state index contributed by atoms with van der Waals surface area (Å²) in [5.41, 5.74) is 2.37. The lowest BCUT2D eigenvalue weighted by atomic mass is 10.1. The Balaban J connectivity index is 3.02. The standard InChI is InChI=1S/C11H9Cl2NO/c1-6-7-3-4-8(12)10(13)11(7)14(2)9(6)5-15/h3-5H,1-2H3. The minimum atomic E-state index is 0.493. The summed E-state index contributed by atoms with van der Waals surface area (Å²) >= 11 is 12.0. The van der Waals surface area contributed by atoms with Gasteiger partial charge in [-0.25, -0.2) is 0 Å². The molecule has 0 spiro atoms. The molecule has 2 nitrogen and oxygen atoms in total. The Bertz CT molecular complexity index is 557. The molecule has 1 heterocycles. The number of carbonyl (C=O) groups excluding carboxylic acids is 1. The molecule has 0 saturated heterocycles. The minimum absolute atomic E-state index is 0.493. The number of nitrogens with zero attached hydrogens (tertiary/aromatic N) is 1. The number of carbonyl (C=O) groups is 1. The summed E-state index contributed by atoms with van der Waals surface area (Å²) in [7, 11) is 1.81. The molecule has 0 amide bonds. The lowest BCUT2D eigenvalue weighted by Crippen LogP contribution is -1.95. The van der Waals surface area contributed by atoms with Gasteiger partial charge in [-0.3, -0.25) is 4.79 Å². The van der Waals surface area contributed by atoms with Crippen LogP contribution in [0.5, 0.6) is 0 Å². The predicted octanol–water partition coefficient (Wildman–Crippen LogP) is 3.61. The lowest BCUT2D eigenvalue weighted by Gasteiger charge is -2.01. The molecule has 0 fully saturated rings. The highest BCUT2D eigenvalue weighted by Crippen LogP contribution is 2.34. The van der Waals surface area contributed by atoms with Crippen LogP contribution in [-0.2, 0) is 7.05 Å². The van der Waals surface area contributed by atoms with Crippen LogP contribution in [0.4, 0.5) is 0 Å².